The lowest BCUT2D eigenvalue weighted by atomic mass is 9.89. The maximum absolute atomic E-state index is 2.47. The highest BCUT2D eigenvalue weighted by Crippen LogP contribution is 2.23. The van der Waals surface area contributed by atoms with Gasteiger partial charge < -0.3 is 0 Å². The van der Waals surface area contributed by atoms with Gasteiger partial charge >= 0.3 is 0 Å². The second-order valence-corrected chi connectivity index (χ2v) is 7.46. The smallest absolute Gasteiger partial charge is 0.0443 e. The summed E-state index contributed by atoms with van der Waals surface area (Å²) in [5, 5.41) is 0. The third-order valence-corrected chi connectivity index (χ3v) is 4.91. The molecule has 0 aliphatic heterocycles. The Labute approximate surface area is 130 Å². The van der Waals surface area contributed by atoms with Crippen molar-refractivity contribution in [3.63, 3.8) is 0 Å². The minimum Gasteiger partial charge on any atom is -0.0654 e. The van der Waals surface area contributed by atoms with Crippen LogP contribution in [0.4, 0.5) is 0 Å². The highest BCUT2D eigenvalue weighted by Gasteiger charge is 2.09. The Hall–Kier alpha value is 0. The maximum atomic E-state index is 2.47. The van der Waals surface area contributed by atoms with Crippen molar-refractivity contribution in [1.82, 2.24) is 0 Å². The maximum Gasteiger partial charge on any atom is -0.0443 e. The van der Waals surface area contributed by atoms with Gasteiger partial charge in [0.05, 0.1) is 0 Å². The minimum atomic E-state index is 0.942. The predicted octanol–water partition coefficient (Wildman–Crippen LogP) is 7.62. The number of hydrogen-bond donors (Lipinski definition) is 0. The van der Waals surface area contributed by atoms with E-state index in [1.165, 1.54) is 77.0 Å². The summed E-state index contributed by atoms with van der Waals surface area (Å²) in [7, 11) is 0. The van der Waals surface area contributed by atoms with Crippen molar-refractivity contribution < 1.29 is 0 Å². The average Bonchev–Trinajstić information content (AvgIpc) is 2.43. The first kappa shape index (κ1) is 20.0. The van der Waals surface area contributed by atoms with E-state index in [1.807, 2.05) is 0 Å². The van der Waals surface area contributed by atoms with Crippen LogP contribution < -0.4 is 0 Å². The number of unbranched alkanes of at least 4 members (excludes halogenated alkanes) is 4. The van der Waals surface area contributed by atoms with E-state index in [4.69, 9.17) is 0 Å². The molecule has 0 N–H and O–H groups in total. The molecule has 0 heterocycles. The average molecular weight is 283 g/mol. The summed E-state index contributed by atoms with van der Waals surface area (Å²) >= 11 is 0. The Morgan fingerprint density at radius 3 is 1.05 bits per heavy atom. The van der Waals surface area contributed by atoms with E-state index in [2.05, 4.69) is 34.6 Å². The Balaban J connectivity index is 3.49. The molecular formula is C20H42. The van der Waals surface area contributed by atoms with E-state index >= 15 is 0 Å². The van der Waals surface area contributed by atoms with Crippen LogP contribution in [0, 0.1) is 17.8 Å². The van der Waals surface area contributed by atoms with E-state index in [1.54, 1.807) is 0 Å². The Morgan fingerprint density at radius 1 is 0.450 bits per heavy atom. The molecule has 0 saturated carbocycles. The lowest BCUT2D eigenvalue weighted by Gasteiger charge is -2.17. The van der Waals surface area contributed by atoms with Gasteiger partial charge in [-0.05, 0) is 17.8 Å². The molecule has 0 heteroatoms. The first-order valence-electron chi connectivity index (χ1n) is 9.60. The minimum absolute atomic E-state index is 0.942. The summed E-state index contributed by atoms with van der Waals surface area (Å²) in [6.45, 7) is 12.0. The van der Waals surface area contributed by atoms with Crippen molar-refractivity contribution >= 4 is 0 Å². The summed E-state index contributed by atoms with van der Waals surface area (Å²) in [5.74, 6) is 2.84. The van der Waals surface area contributed by atoms with Gasteiger partial charge in [-0.3, -0.25) is 0 Å². The quantitative estimate of drug-likeness (QED) is 0.287. The van der Waals surface area contributed by atoms with Crippen LogP contribution in [-0.2, 0) is 0 Å². The molecule has 0 radical (unpaired) electrons. The van der Waals surface area contributed by atoms with Crippen molar-refractivity contribution in [3.8, 4) is 0 Å². The van der Waals surface area contributed by atoms with Gasteiger partial charge in [0, 0.05) is 0 Å². The van der Waals surface area contributed by atoms with Gasteiger partial charge in [0.25, 0.3) is 0 Å². The van der Waals surface area contributed by atoms with Crippen LogP contribution in [0.5, 0.6) is 0 Å². The fourth-order valence-electron chi connectivity index (χ4n) is 3.06. The molecule has 0 nitrogen and oxygen atoms in total. The molecule has 0 aromatic carbocycles. The molecule has 2 unspecified atom stereocenters. The van der Waals surface area contributed by atoms with Gasteiger partial charge in [0.15, 0.2) is 0 Å². The second-order valence-electron chi connectivity index (χ2n) is 7.46. The molecule has 20 heavy (non-hydrogen) atoms. The molecule has 0 fully saturated rings. The number of rotatable bonds is 14. The molecule has 0 aliphatic carbocycles. The van der Waals surface area contributed by atoms with Crippen molar-refractivity contribution in [2.45, 2.75) is 112 Å². The SMILES string of the molecule is CCCCCC(C)CCC(C)CCC(C)CCCCC. The van der Waals surface area contributed by atoms with Crippen molar-refractivity contribution in [3.05, 3.63) is 0 Å². The molecule has 0 rings (SSSR count). The van der Waals surface area contributed by atoms with Crippen LogP contribution >= 0.6 is 0 Å². The molecule has 2 atom stereocenters. The van der Waals surface area contributed by atoms with Gasteiger partial charge in [-0.15, -0.1) is 0 Å². The fourth-order valence-corrected chi connectivity index (χ4v) is 3.06. The van der Waals surface area contributed by atoms with E-state index in [-0.39, 0.29) is 0 Å². The van der Waals surface area contributed by atoms with Crippen molar-refractivity contribution in [1.29, 1.82) is 0 Å². The van der Waals surface area contributed by atoms with Gasteiger partial charge in [0.1, 0.15) is 0 Å². The van der Waals surface area contributed by atoms with Gasteiger partial charge in [-0.25, -0.2) is 0 Å². The zero-order valence-electron chi connectivity index (χ0n) is 15.2. The second kappa shape index (κ2) is 14.0. The molecule has 0 aromatic heterocycles. The molecular weight excluding hydrogens is 240 g/mol. The first-order valence-corrected chi connectivity index (χ1v) is 9.60. The molecule has 0 aromatic rings. The summed E-state index contributed by atoms with van der Waals surface area (Å²) < 4.78 is 0. The van der Waals surface area contributed by atoms with Crippen LogP contribution in [0.15, 0.2) is 0 Å². The van der Waals surface area contributed by atoms with Crippen LogP contribution in [0.1, 0.15) is 112 Å². The Morgan fingerprint density at radius 2 is 0.750 bits per heavy atom. The topological polar surface area (TPSA) is 0 Å². The fraction of sp³-hybridized carbons (Fsp3) is 1.00. The van der Waals surface area contributed by atoms with E-state index in [0.717, 1.165) is 17.8 Å². The first-order chi connectivity index (χ1) is 9.60. The van der Waals surface area contributed by atoms with E-state index in [9.17, 15) is 0 Å². The Kier molecular flexibility index (Phi) is 14.0. The Bertz CT molecular complexity index is 164. The monoisotopic (exact) mass is 282 g/mol. The zero-order chi connectivity index (χ0) is 15.2. The number of hydrogen-bond acceptors (Lipinski definition) is 0. The summed E-state index contributed by atoms with van der Waals surface area (Å²) in [6, 6.07) is 0. The summed E-state index contributed by atoms with van der Waals surface area (Å²) in [4.78, 5) is 0. The van der Waals surface area contributed by atoms with Gasteiger partial charge in [0.2, 0.25) is 0 Å². The van der Waals surface area contributed by atoms with E-state index in [0.29, 0.717) is 0 Å². The van der Waals surface area contributed by atoms with Crippen molar-refractivity contribution in [2.24, 2.45) is 17.8 Å². The lowest BCUT2D eigenvalue weighted by molar-refractivity contribution is 0.353. The van der Waals surface area contributed by atoms with Gasteiger partial charge in [-0.1, -0.05) is 112 Å². The molecule has 122 valence electrons. The predicted molar refractivity (Wildman–Crippen MR) is 94.2 cm³/mol. The third-order valence-electron chi connectivity index (χ3n) is 4.91. The molecule has 0 saturated heterocycles. The van der Waals surface area contributed by atoms with Crippen molar-refractivity contribution in [2.75, 3.05) is 0 Å². The van der Waals surface area contributed by atoms with E-state index < -0.39 is 0 Å². The standard InChI is InChI=1S/C20H42/c1-6-8-10-12-18(3)14-16-20(5)17-15-19(4)13-11-9-7-2/h18-20H,6-17H2,1-5H3. The highest BCUT2D eigenvalue weighted by molar-refractivity contribution is 4.62. The largest absolute Gasteiger partial charge is 0.0654 e. The lowest BCUT2D eigenvalue weighted by Crippen LogP contribution is -2.03. The molecule has 0 spiro atoms. The third kappa shape index (κ3) is 13.0. The highest BCUT2D eigenvalue weighted by atomic mass is 14.1. The molecule has 0 bridgehead atoms. The summed E-state index contributed by atoms with van der Waals surface area (Å²) in [6.07, 6.45) is 17.2. The van der Waals surface area contributed by atoms with Crippen LogP contribution in [0.2, 0.25) is 0 Å². The van der Waals surface area contributed by atoms with Crippen LogP contribution in [0.3, 0.4) is 0 Å². The zero-order valence-corrected chi connectivity index (χ0v) is 15.2. The van der Waals surface area contributed by atoms with Gasteiger partial charge in [-0.2, -0.15) is 0 Å². The summed E-state index contributed by atoms with van der Waals surface area (Å²) in [5.41, 5.74) is 0. The van der Waals surface area contributed by atoms with Crippen LogP contribution in [0.25, 0.3) is 0 Å². The van der Waals surface area contributed by atoms with Crippen LogP contribution in [-0.4, -0.2) is 0 Å². The molecule has 0 amide bonds. The normalized spacial score (nSPS) is 16.1. The molecule has 0 aliphatic rings.